The van der Waals surface area contributed by atoms with Gasteiger partial charge in [-0.25, -0.2) is 0 Å². The predicted octanol–water partition coefficient (Wildman–Crippen LogP) is -0.121. The molecule has 7 heteroatoms. The van der Waals surface area contributed by atoms with E-state index in [0.29, 0.717) is 18.5 Å². The van der Waals surface area contributed by atoms with E-state index in [0.717, 1.165) is 0 Å². The number of aromatic amines is 1. The fraction of sp³-hybridized carbons (Fsp3) is 0.556. The lowest BCUT2D eigenvalue weighted by Gasteiger charge is -2.08. The van der Waals surface area contributed by atoms with Crippen LogP contribution in [0.25, 0.3) is 0 Å². The number of hydrogen-bond acceptors (Lipinski definition) is 4. The number of nitrogen functional groups attached to an aromatic ring is 1. The van der Waals surface area contributed by atoms with Crippen molar-refractivity contribution in [2.45, 2.75) is 18.6 Å². The SMILES string of the molecule is CC(CCNC(=O)c1cn[nH]c1N)S(C)=O. The van der Waals surface area contributed by atoms with Crippen LogP contribution >= 0.6 is 0 Å². The van der Waals surface area contributed by atoms with Crippen LogP contribution in [0.5, 0.6) is 0 Å². The molecular weight excluding hydrogens is 228 g/mol. The number of amides is 1. The monoisotopic (exact) mass is 244 g/mol. The number of anilines is 1. The molecule has 4 N–H and O–H groups in total. The van der Waals surface area contributed by atoms with Crippen molar-refractivity contribution >= 4 is 22.5 Å². The van der Waals surface area contributed by atoms with Gasteiger partial charge in [0.1, 0.15) is 11.4 Å². The fourth-order valence-corrected chi connectivity index (χ4v) is 1.58. The Labute approximate surface area is 96.4 Å². The molecule has 0 aliphatic rings. The summed E-state index contributed by atoms with van der Waals surface area (Å²) in [7, 11) is -0.861. The summed E-state index contributed by atoms with van der Waals surface area (Å²) in [5.74, 6) is -0.00930. The van der Waals surface area contributed by atoms with Gasteiger partial charge in [-0.15, -0.1) is 0 Å². The first-order valence-corrected chi connectivity index (χ1v) is 6.53. The third kappa shape index (κ3) is 3.34. The molecule has 6 nitrogen and oxygen atoms in total. The van der Waals surface area contributed by atoms with E-state index in [9.17, 15) is 9.00 Å². The third-order valence-electron chi connectivity index (χ3n) is 2.32. The smallest absolute Gasteiger partial charge is 0.256 e. The van der Waals surface area contributed by atoms with Gasteiger partial charge in [-0.2, -0.15) is 5.10 Å². The van der Waals surface area contributed by atoms with Crippen molar-refractivity contribution in [1.82, 2.24) is 15.5 Å². The van der Waals surface area contributed by atoms with Crippen LogP contribution < -0.4 is 11.1 Å². The second kappa shape index (κ2) is 5.64. The Hall–Kier alpha value is -1.37. The zero-order valence-corrected chi connectivity index (χ0v) is 10.1. The van der Waals surface area contributed by atoms with E-state index < -0.39 is 10.8 Å². The summed E-state index contributed by atoms with van der Waals surface area (Å²) >= 11 is 0. The Morgan fingerprint density at radius 2 is 2.44 bits per heavy atom. The summed E-state index contributed by atoms with van der Waals surface area (Å²) in [4.78, 5) is 11.6. The highest BCUT2D eigenvalue weighted by atomic mass is 32.2. The number of nitrogens with one attached hydrogen (secondary N) is 2. The Morgan fingerprint density at radius 3 is 2.94 bits per heavy atom. The molecule has 0 aromatic carbocycles. The highest BCUT2D eigenvalue weighted by molar-refractivity contribution is 7.84. The molecule has 1 aromatic heterocycles. The van der Waals surface area contributed by atoms with Gasteiger partial charge < -0.3 is 11.1 Å². The molecule has 0 spiro atoms. The van der Waals surface area contributed by atoms with Gasteiger partial charge in [0, 0.05) is 28.9 Å². The Balaban J connectivity index is 2.37. The number of carbonyl (C=O) groups excluding carboxylic acids is 1. The van der Waals surface area contributed by atoms with Crippen molar-refractivity contribution in [2.75, 3.05) is 18.5 Å². The maximum atomic E-state index is 11.6. The van der Waals surface area contributed by atoms with Crippen LogP contribution in [-0.2, 0) is 10.8 Å². The zero-order chi connectivity index (χ0) is 12.1. The lowest BCUT2D eigenvalue weighted by Crippen LogP contribution is -2.27. The van der Waals surface area contributed by atoms with Crippen LogP contribution in [0.15, 0.2) is 6.20 Å². The molecule has 16 heavy (non-hydrogen) atoms. The highest BCUT2D eigenvalue weighted by Gasteiger charge is 2.12. The maximum absolute atomic E-state index is 11.6. The van der Waals surface area contributed by atoms with Crippen LogP contribution in [0.1, 0.15) is 23.7 Å². The van der Waals surface area contributed by atoms with Gasteiger partial charge >= 0.3 is 0 Å². The Bertz CT molecular complexity index is 391. The quantitative estimate of drug-likeness (QED) is 0.672. The number of H-pyrrole nitrogens is 1. The molecule has 1 heterocycles. The Morgan fingerprint density at radius 1 is 1.75 bits per heavy atom. The molecule has 1 rings (SSSR count). The summed E-state index contributed by atoms with van der Waals surface area (Å²) in [6.45, 7) is 2.36. The molecule has 2 unspecified atom stereocenters. The maximum Gasteiger partial charge on any atom is 0.256 e. The van der Waals surface area contributed by atoms with Gasteiger partial charge in [-0.05, 0) is 6.42 Å². The lowest BCUT2D eigenvalue weighted by atomic mass is 10.3. The molecule has 0 saturated carbocycles. The van der Waals surface area contributed by atoms with Crippen molar-refractivity contribution in [3.05, 3.63) is 11.8 Å². The van der Waals surface area contributed by atoms with E-state index in [1.54, 1.807) is 6.26 Å². The molecule has 0 saturated heterocycles. The molecule has 2 atom stereocenters. The highest BCUT2D eigenvalue weighted by Crippen LogP contribution is 2.05. The molecule has 0 bridgehead atoms. The minimum Gasteiger partial charge on any atom is -0.383 e. The average molecular weight is 244 g/mol. The standard InChI is InChI=1S/C9H16N4O2S/c1-6(16(2)15)3-4-11-9(14)7-5-12-13-8(7)10/h5-6H,3-4H2,1-2H3,(H,11,14)(H3,10,12,13). The summed E-state index contributed by atoms with van der Waals surface area (Å²) < 4.78 is 11.1. The van der Waals surface area contributed by atoms with E-state index in [-0.39, 0.29) is 17.0 Å². The topological polar surface area (TPSA) is 101 Å². The van der Waals surface area contributed by atoms with Crippen LogP contribution in [0.3, 0.4) is 0 Å². The molecule has 90 valence electrons. The minimum absolute atomic E-state index is 0.0713. The van der Waals surface area contributed by atoms with Gasteiger partial charge in [0.25, 0.3) is 5.91 Å². The number of aromatic nitrogens is 2. The first kappa shape index (κ1) is 12.7. The van der Waals surface area contributed by atoms with Crippen LogP contribution in [0, 0.1) is 0 Å². The summed E-state index contributed by atoms with van der Waals surface area (Å²) in [5, 5.41) is 8.91. The largest absolute Gasteiger partial charge is 0.383 e. The molecule has 0 radical (unpaired) electrons. The van der Waals surface area contributed by atoms with E-state index in [2.05, 4.69) is 15.5 Å². The first-order valence-electron chi connectivity index (χ1n) is 4.91. The van der Waals surface area contributed by atoms with Gasteiger partial charge in [0.2, 0.25) is 0 Å². The van der Waals surface area contributed by atoms with E-state index in [4.69, 9.17) is 5.73 Å². The predicted molar refractivity (Wildman–Crippen MR) is 63.5 cm³/mol. The number of hydrogen-bond donors (Lipinski definition) is 3. The number of nitrogens with two attached hydrogens (primary N) is 1. The summed E-state index contributed by atoms with van der Waals surface area (Å²) in [6.07, 6.45) is 3.71. The molecule has 1 aromatic rings. The molecular formula is C9H16N4O2S. The first-order chi connectivity index (χ1) is 7.52. The van der Waals surface area contributed by atoms with Crippen molar-refractivity contribution in [2.24, 2.45) is 0 Å². The van der Waals surface area contributed by atoms with Crippen molar-refractivity contribution < 1.29 is 9.00 Å². The molecule has 0 aliphatic carbocycles. The number of nitrogens with zero attached hydrogens (tertiary/aromatic N) is 1. The van der Waals surface area contributed by atoms with Crippen LogP contribution in [0.2, 0.25) is 0 Å². The second-order valence-corrected chi connectivity index (χ2v) is 5.35. The molecule has 0 fully saturated rings. The second-order valence-electron chi connectivity index (χ2n) is 3.55. The van der Waals surface area contributed by atoms with Gasteiger partial charge in [-0.3, -0.25) is 14.1 Å². The van der Waals surface area contributed by atoms with Gasteiger partial charge in [0.15, 0.2) is 0 Å². The average Bonchev–Trinajstić information content (AvgIpc) is 2.64. The van der Waals surface area contributed by atoms with E-state index in [1.807, 2.05) is 6.92 Å². The number of rotatable bonds is 5. The normalized spacial score (nSPS) is 14.4. The number of carbonyl (C=O) groups is 1. The van der Waals surface area contributed by atoms with Crippen molar-refractivity contribution in [3.8, 4) is 0 Å². The summed E-state index contributed by atoms with van der Waals surface area (Å²) in [5.41, 5.74) is 5.83. The van der Waals surface area contributed by atoms with Gasteiger partial charge in [-0.1, -0.05) is 6.92 Å². The lowest BCUT2D eigenvalue weighted by molar-refractivity contribution is 0.0954. The molecule has 1 amide bonds. The van der Waals surface area contributed by atoms with E-state index >= 15 is 0 Å². The zero-order valence-electron chi connectivity index (χ0n) is 9.32. The van der Waals surface area contributed by atoms with E-state index in [1.165, 1.54) is 6.20 Å². The van der Waals surface area contributed by atoms with Gasteiger partial charge in [0.05, 0.1) is 6.20 Å². The Kier molecular flexibility index (Phi) is 4.48. The molecule has 0 aliphatic heterocycles. The van der Waals surface area contributed by atoms with Crippen LogP contribution in [0.4, 0.5) is 5.82 Å². The van der Waals surface area contributed by atoms with Crippen LogP contribution in [-0.4, -0.2) is 38.4 Å². The minimum atomic E-state index is -0.861. The van der Waals surface area contributed by atoms with Crippen molar-refractivity contribution in [3.63, 3.8) is 0 Å². The third-order valence-corrected chi connectivity index (χ3v) is 3.69. The fourth-order valence-electron chi connectivity index (χ4n) is 1.13. The summed E-state index contributed by atoms with van der Waals surface area (Å²) in [6, 6.07) is 0. The van der Waals surface area contributed by atoms with Crippen molar-refractivity contribution in [1.29, 1.82) is 0 Å².